The third-order valence-corrected chi connectivity index (χ3v) is 2.89. The molecule has 0 amide bonds. The van der Waals surface area contributed by atoms with E-state index in [0.29, 0.717) is 10.0 Å². The molecule has 2 aromatic rings. The average molecular weight is 228 g/mol. The van der Waals surface area contributed by atoms with E-state index in [1.807, 2.05) is 0 Å². The predicted octanol–water partition coefficient (Wildman–Crippen LogP) is 3.03. The lowest BCUT2D eigenvalue weighted by Crippen LogP contribution is -1.88. The van der Waals surface area contributed by atoms with Gasteiger partial charge in [-0.1, -0.05) is 23.2 Å². The van der Waals surface area contributed by atoms with E-state index in [4.69, 9.17) is 28.3 Å². The van der Waals surface area contributed by atoms with Crippen LogP contribution in [-0.4, -0.2) is 10.1 Å². The van der Waals surface area contributed by atoms with Crippen LogP contribution in [0.15, 0.2) is 24.5 Å². The van der Waals surface area contributed by atoms with Gasteiger partial charge in [0.1, 0.15) is 0 Å². The molecule has 1 heterocycles. The van der Waals surface area contributed by atoms with Gasteiger partial charge in [0.25, 0.3) is 0 Å². The van der Waals surface area contributed by atoms with Crippen molar-refractivity contribution < 1.29 is 5.11 Å². The van der Waals surface area contributed by atoms with E-state index in [1.165, 1.54) is 0 Å². The molecule has 0 fully saturated rings. The van der Waals surface area contributed by atoms with E-state index in [1.54, 1.807) is 24.5 Å². The summed E-state index contributed by atoms with van der Waals surface area (Å²) in [4.78, 5) is 3.98. The lowest BCUT2D eigenvalue weighted by atomic mass is 10.1. The van der Waals surface area contributed by atoms with Gasteiger partial charge >= 0.3 is 0 Å². The SMILES string of the molecule is OCc1cc(Cl)c(Cl)c2ccncc12. The summed E-state index contributed by atoms with van der Waals surface area (Å²) >= 11 is 11.9. The number of hydrogen-bond donors (Lipinski definition) is 1. The number of hydrogen-bond acceptors (Lipinski definition) is 2. The number of rotatable bonds is 1. The van der Waals surface area contributed by atoms with Crippen molar-refractivity contribution in [1.29, 1.82) is 0 Å². The molecule has 0 saturated carbocycles. The molecule has 0 bridgehead atoms. The molecule has 0 atom stereocenters. The van der Waals surface area contributed by atoms with Crippen molar-refractivity contribution in [3.05, 3.63) is 40.1 Å². The van der Waals surface area contributed by atoms with Crippen LogP contribution >= 0.6 is 23.2 Å². The van der Waals surface area contributed by atoms with Gasteiger partial charge in [0.05, 0.1) is 16.7 Å². The first-order chi connectivity index (χ1) is 6.74. The van der Waals surface area contributed by atoms with Crippen LogP contribution in [0.4, 0.5) is 0 Å². The van der Waals surface area contributed by atoms with Crippen LogP contribution < -0.4 is 0 Å². The Hall–Kier alpha value is -0.830. The number of benzene rings is 1. The predicted molar refractivity (Wildman–Crippen MR) is 57.7 cm³/mol. The van der Waals surface area contributed by atoms with Gasteiger partial charge in [-0.2, -0.15) is 0 Å². The van der Waals surface area contributed by atoms with E-state index in [-0.39, 0.29) is 6.61 Å². The number of nitrogens with zero attached hydrogens (tertiary/aromatic N) is 1. The van der Waals surface area contributed by atoms with Crippen LogP contribution in [0.2, 0.25) is 10.0 Å². The Morgan fingerprint density at radius 1 is 1.29 bits per heavy atom. The van der Waals surface area contributed by atoms with Crippen molar-refractivity contribution in [3.63, 3.8) is 0 Å². The highest BCUT2D eigenvalue weighted by atomic mass is 35.5. The highest BCUT2D eigenvalue weighted by Gasteiger charge is 2.08. The van der Waals surface area contributed by atoms with Crippen LogP contribution in [0.1, 0.15) is 5.56 Å². The summed E-state index contributed by atoms with van der Waals surface area (Å²) in [6, 6.07) is 3.44. The Kier molecular flexibility index (Phi) is 2.59. The van der Waals surface area contributed by atoms with E-state index in [2.05, 4.69) is 4.98 Å². The van der Waals surface area contributed by atoms with Gasteiger partial charge in [-0.3, -0.25) is 4.98 Å². The number of aliphatic hydroxyl groups is 1. The second-order valence-corrected chi connectivity index (χ2v) is 3.70. The summed E-state index contributed by atoms with van der Waals surface area (Å²) in [5.74, 6) is 0. The zero-order valence-electron chi connectivity index (χ0n) is 7.17. The third-order valence-electron chi connectivity index (χ3n) is 2.08. The molecule has 0 radical (unpaired) electrons. The fourth-order valence-electron chi connectivity index (χ4n) is 1.40. The lowest BCUT2D eigenvalue weighted by Gasteiger charge is -2.06. The van der Waals surface area contributed by atoms with E-state index in [9.17, 15) is 0 Å². The maximum Gasteiger partial charge on any atom is 0.0688 e. The zero-order chi connectivity index (χ0) is 10.1. The number of halogens is 2. The van der Waals surface area contributed by atoms with Crippen molar-refractivity contribution in [2.75, 3.05) is 0 Å². The summed E-state index contributed by atoms with van der Waals surface area (Å²) in [6.07, 6.45) is 3.31. The maximum atomic E-state index is 9.12. The molecular weight excluding hydrogens is 221 g/mol. The van der Waals surface area contributed by atoms with Crippen molar-refractivity contribution in [2.45, 2.75) is 6.61 Å². The molecule has 1 aromatic carbocycles. The Balaban J connectivity index is 2.89. The summed E-state index contributed by atoms with van der Waals surface area (Å²) in [7, 11) is 0. The minimum Gasteiger partial charge on any atom is -0.392 e. The van der Waals surface area contributed by atoms with Crippen LogP contribution in [0.3, 0.4) is 0 Å². The van der Waals surface area contributed by atoms with E-state index in [0.717, 1.165) is 16.3 Å². The first kappa shape index (κ1) is 9.71. The molecule has 4 heteroatoms. The molecule has 72 valence electrons. The minimum atomic E-state index is -0.0704. The Morgan fingerprint density at radius 3 is 2.79 bits per heavy atom. The number of pyridine rings is 1. The molecule has 0 spiro atoms. The molecule has 0 aliphatic heterocycles. The van der Waals surface area contributed by atoms with Gasteiger partial charge in [-0.25, -0.2) is 0 Å². The topological polar surface area (TPSA) is 33.1 Å². The largest absolute Gasteiger partial charge is 0.392 e. The molecular formula is C10H7Cl2NO. The molecule has 1 aromatic heterocycles. The summed E-state index contributed by atoms with van der Waals surface area (Å²) in [6.45, 7) is -0.0704. The summed E-state index contributed by atoms with van der Waals surface area (Å²) in [5, 5.41) is 11.7. The number of aliphatic hydroxyl groups excluding tert-OH is 1. The lowest BCUT2D eigenvalue weighted by molar-refractivity contribution is 0.283. The standard InChI is InChI=1S/C10H7Cl2NO/c11-9-3-6(5-14)8-4-13-2-1-7(8)10(9)12/h1-4,14H,5H2. The molecule has 1 N–H and O–H groups in total. The Labute approximate surface area is 91.1 Å². The fourth-order valence-corrected chi connectivity index (χ4v) is 1.85. The second-order valence-electron chi connectivity index (χ2n) is 2.91. The monoisotopic (exact) mass is 227 g/mol. The van der Waals surface area contributed by atoms with Crippen LogP contribution in [0.5, 0.6) is 0 Å². The first-order valence-electron chi connectivity index (χ1n) is 4.05. The van der Waals surface area contributed by atoms with Gasteiger partial charge in [0, 0.05) is 23.2 Å². The molecule has 2 rings (SSSR count). The molecule has 0 aliphatic rings. The van der Waals surface area contributed by atoms with Gasteiger partial charge < -0.3 is 5.11 Å². The van der Waals surface area contributed by atoms with Crippen molar-refractivity contribution in [3.8, 4) is 0 Å². The van der Waals surface area contributed by atoms with Gasteiger partial charge in [0.2, 0.25) is 0 Å². The molecule has 2 nitrogen and oxygen atoms in total. The summed E-state index contributed by atoms with van der Waals surface area (Å²) in [5.41, 5.74) is 0.738. The van der Waals surface area contributed by atoms with Crippen molar-refractivity contribution in [1.82, 2.24) is 4.98 Å². The average Bonchev–Trinajstić information content (AvgIpc) is 2.23. The normalized spacial score (nSPS) is 10.8. The minimum absolute atomic E-state index is 0.0704. The highest BCUT2D eigenvalue weighted by molar-refractivity contribution is 6.45. The zero-order valence-corrected chi connectivity index (χ0v) is 8.68. The first-order valence-corrected chi connectivity index (χ1v) is 4.81. The second kappa shape index (κ2) is 3.73. The third kappa shape index (κ3) is 1.46. The van der Waals surface area contributed by atoms with Crippen LogP contribution in [0.25, 0.3) is 10.8 Å². The molecule has 0 aliphatic carbocycles. The quantitative estimate of drug-likeness (QED) is 0.813. The number of fused-ring (bicyclic) bond motifs is 1. The smallest absolute Gasteiger partial charge is 0.0688 e. The molecule has 14 heavy (non-hydrogen) atoms. The van der Waals surface area contributed by atoms with Crippen molar-refractivity contribution in [2.24, 2.45) is 0 Å². The fraction of sp³-hybridized carbons (Fsp3) is 0.100. The van der Waals surface area contributed by atoms with Crippen molar-refractivity contribution >= 4 is 34.0 Å². The van der Waals surface area contributed by atoms with Crippen LogP contribution in [-0.2, 0) is 6.61 Å². The van der Waals surface area contributed by atoms with E-state index < -0.39 is 0 Å². The molecule has 0 saturated heterocycles. The maximum absolute atomic E-state index is 9.12. The highest BCUT2D eigenvalue weighted by Crippen LogP contribution is 2.32. The van der Waals surface area contributed by atoms with Gasteiger partial charge in [-0.05, 0) is 17.7 Å². The van der Waals surface area contributed by atoms with E-state index >= 15 is 0 Å². The van der Waals surface area contributed by atoms with Gasteiger partial charge in [-0.15, -0.1) is 0 Å². The number of aromatic nitrogens is 1. The van der Waals surface area contributed by atoms with Gasteiger partial charge in [0.15, 0.2) is 0 Å². The summed E-state index contributed by atoms with van der Waals surface area (Å²) < 4.78 is 0. The Bertz CT molecular complexity index is 485. The van der Waals surface area contributed by atoms with Crippen LogP contribution in [0, 0.1) is 0 Å². The molecule has 0 unspecified atom stereocenters. The Morgan fingerprint density at radius 2 is 2.07 bits per heavy atom.